The first-order valence-electron chi connectivity index (χ1n) is 9.55. The third kappa shape index (κ3) is 4.25. The van der Waals surface area contributed by atoms with Crippen LogP contribution in [0, 0.1) is 0 Å². The maximum absolute atomic E-state index is 13.5. The lowest BCUT2D eigenvalue weighted by molar-refractivity contribution is -0.136. The highest BCUT2D eigenvalue weighted by molar-refractivity contribution is 6.33. The molecule has 156 valence electrons. The largest absolute Gasteiger partial charge is 0.419 e. The van der Waals surface area contributed by atoms with Crippen molar-refractivity contribution in [2.45, 2.75) is 37.8 Å². The van der Waals surface area contributed by atoms with Crippen LogP contribution in [0.5, 0.6) is 0 Å². The fourth-order valence-corrected chi connectivity index (χ4v) is 3.90. The monoisotopic (exact) mass is 428 g/mol. The molecule has 1 saturated carbocycles. The number of amides is 1. The Balaban J connectivity index is 1.54. The Labute approximate surface area is 170 Å². The molecular weight excluding hydrogens is 409 g/mol. The van der Waals surface area contributed by atoms with Crippen molar-refractivity contribution in [3.8, 4) is 0 Å². The molecule has 1 amide bonds. The number of nitrogens with one attached hydrogen (secondary N) is 1. The summed E-state index contributed by atoms with van der Waals surface area (Å²) in [5.74, 6) is -0.363. The molecule has 2 aromatic heterocycles. The van der Waals surface area contributed by atoms with Gasteiger partial charge in [-0.1, -0.05) is 11.6 Å². The number of nitrogens with zero attached hydrogens (tertiary/aromatic N) is 3. The fourth-order valence-electron chi connectivity index (χ4n) is 3.63. The number of hydrogen-bond acceptors (Lipinski definition) is 4. The van der Waals surface area contributed by atoms with Crippen molar-refractivity contribution >= 4 is 28.9 Å². The van der Waals surface area contributed by atoms with E-state index in [0.717, 1.165) is 18.9 Å². The number of ketones is 1. The Morgan fingerprint density at radius 1 is 1.34 bits per heavy atom. The Morgan fingerprint density at radius 3 is 2.76 bits per heavy atom. The zero-order valence-electron chi connectivity index (χ0n) is 15.6. The van der Waals surface area contributed by atoms with E-state index in [2.05, 4.69) is 10.3 Å². The molecule has 0 spiro atoms. The molecule has 0 atom stereocenters. The normalized spacial score (nSPS) is 18.3. The van der Waals surface area contributed by atoms with Gasteiger partial charge in [-0.3, -0.25) is 18.9 Å². The Hall–Kier alpha value is -2.13. The fraction of sp³-hybridized carbons (Fsp3) is 0.526. The van der Waals surface area contributed by atoms with Crippen LogP contribution in [0.1, 0.15) is 53.2 Å². The number of Topliss-reactive ketones (excluding diaryl/α,β-unsaturated/α-hetero) is 1. The van der Waals surface area contributed by atoms with Gasteiger partial charge in [0.15, 0.2) is 11.4 Å². The second kappa shape index (κ2) is 7.60. The molecule has 0 bridgehead atoms. The number of hydrogen-bond donors (Lipinski definition) is 1. The predicted molar refractivity (Wildman–Crippen MR) is 100 cm³/mol. The van der Waals surface area contributed by atoms with Crippen molar-refractivity contribution in [1.82, 2.24) is 19.6 Å². The molecule has 1 aliphatic carbocycles. The number of imidazole rings is 1. The standard InChI is InChI=1S/C19H20ClF3N4O2/c20-17-16(14(28)2-1-6-26-7-5-24-15(29)10-26)25-18-13(19(21,22)23)8-12(9-27(17)18)11-3-4-11/h8-9,11H,1-7,10H2,(H,24,29). The van der Waals surface area contributed by atoms with Crippen LogP contribution in [0.15, 0.2) is 12.3 Å². The van der Waals surface area contributed by atoms with Crippen molar-refractivity contribution in [3.05, 3.63) is 34.2 Å². The Bertz CT molecular complexity index is 968. The molecule has 0 radical (unpaired) electrons. The first-order valence-corrected chi connectivity index (χ1v) is 9.93. The maximum Gasteiger partial charge on any atom is 0.419 e. The summed E-state index contributed by atoms with van der Waals surface area (Å²) in [7, 11) is 0. The van der Waals surface area contributed by atoms with Crippen molar-refractivity contribution in [3.63, 3.8) is 0 Å². The highest BCUT2D eigenvalue weighted by atomic mass is 35.5. The molecule has 10 heteroatoms. The van der Waals surface area contributed by atoms with Crippen LogP contribution in [0.4, 0.5) is 13.2 Å². The lowest BCUT2D eigenvalue weighted by Gasteiger charge is -2.26. The van der Waals surface area contributed by atoms with Gasteiger partial charge >= 0.3 is 6.18 Å². The molecular formula is C19H20ClF3N4O2. The van der Waals surface area contributed by atoms with Gasteiger partial charge in [-0.2, -0.15) is 13.2 Å². The van der Waals surface area contributed by atoms with Gasteiger partial charge in [-0.25, -0.2) is 4.98 Å². The van der Waals surface area contributed by atoms with Crippen LogP contribution >= 0.6 is 11.6 Å². The predicted octanol–water partition coefficient (Wildman–Crippen LogP) is 3.28. The van der Waals surface area contributed by atoms with E-state index in [1.807, 2.05) is 4.90 Å². The maximum atomic E-state index is 13.5. The summed E-state index contributed by atoms with van der Waals surface area (Å²) in [5.41, 5.74) is -0.793. The smallest absolute Gasteiger partial charge is 0.354 e. The minimum Gasteiger partial charge on any atom is -0.354 e. The average Bonchev–Trinajstić information content (AvgIpc) is 3.45. The van der Waals surface area contributed by atoms with Gasteiger partial charge in [-0.05, 0) is 43.4 Å². The van der Waals surface area contributed by atoms with Gasteiger partial charge in [0.2, 0.25) is 5.91 Å². The molecule has 1 N–H and O–H groups in total. The van der Waals surface area contributed by atoms with Crippen molar-refractivity contribution in [1.29, 1.82) is 0 Å². The van der Waals surface area contributed by atoms with Crippen molar-refractivity contribution in [2.24, 2.45) is 0 Å². The van der Waals surface area contributed by atoms with Crippen molar-refractivity contribution < 1.29 is 22.8 Å². The SMILES string of the molecule is O=C1CN(CCCC(=O)c2nc3c(C(F)(F)F)cc(C4CC4)cn3c2Cl)CCN1. The lowest BCUT2D eigenvalue weighted by Crippen LogP contribution is -2.47. The van der Waals surface area contributed by atoms with E-state index >= 15 is 0 Å². The number of rotatable bonds is 6. The molecule has 3 heterocycles. The minimum absolute atomic E-state index is 0.0582. The summed E-state index contributed by atoms with van der Waals surface area (Å²) in [4.78, 5) is 29.9. The third-order valence-electron chi connectivity index (χ3n) is 5.30. The van der Waals surface area contributed by atoms with E-state index in [1.54, 1.807) is 6.20 Å². The molecule has 2 aliphatic rings. The summed E-state index contributed by atoms with van der Waals surface area (Å²) in [6, 6.07) is 1.12. The molecule has 0 aromatic carbocycles. The highest BCUT2D eigenvalue weighted by Crippen LogP contribution is 2.43. The highest BCUT2D eigenvalue weighted by Gasteiger charge is 2.37. The molecule has 0 unspecified atom stereocenters. The molecule has 2 fully saturated rings. The summed E-state index contributed by atoms with van der Waals surface area (Å²) in [6.45, 7) is 2.09. The number of carbonyl (C=O) groups excluding carboxylic acids is 2. The van der Waals surface area contributed by atoms with Crippen LogP contribution in [-0.2, 0) is 11.0 Å². The number of alkyl halides is 3. The molecule has 1 saturated heterocycles. The number of aromatic nitrogens is 2. The van der Waals surface area contributed by atoms with E-state index < -0.39 is 17.5 Å². The number of carbonyl (C=O) groups is 2. The number of piperazine rings is 1. The van der Waals surface area contributed by atoms with Gasteiger partial charge in [0.25, 0.3) is 0 Å². The molecule has 1 aliphatic heterocycles. The number of pyridine rings is 1. The quantitative estimate of drug-likeness (QED) is 0.717. The second-order valence-corrected chi connectivity index (χ2v) is 7.91. The molecule has 2 aromatic rings. The Morgan fingerprint density at radius 2 is 2.10 bits per heavy atom. The van der Waals surface area contributed by atoms with E-state index in [9.17, 15) is 22.8 Å². The van der Waals surface area contributed by atoms with Gasteiger partial charge in [-0.15, -0.1) is 0 Å². The van der Waals surface area contributed by atoms with E-state index in [-0.39, 0.29) is 41.3 Å². The van der Waals surface area contributed by atoms with Crippen LogP contribution in [-0.4, -0.2) is 52.2 Å². The van der Waals surface area contributed by atoms with Gasteiger partial charge in [0, 0.05) is 25.7 Å². The number of fused-ring (bicyclic) bond motifs is 1. The van der Waals surface area contributed by atoms with Crippen LogP contribution < -0.4 is 5.32 Å². The Kier molecular flexibility index (Phi) is 5.29. The van der Waals surface area contributed by atoms with Crippen LogP contribution in [0.2, 0.25) is 5.15 Å². The zero-order valence-corrected chi connectivity index (χ0v) is 16.3. The minimum atomic E-state index is -4.59. The third-order valence-corrected chi connectivity index (χ3v) is 5.66. The van der Waals surface area contributed by atoms with Crippen molar-refractivity contribution in [2.75, 3.05) is 26.2 Å². The number of halogens is 4. The molecule has 4 rings (SSSR count). The van der Waals surface area contributed by atoms with Gasteiger partial charge < -0.3 is 5.32 Å². The lowest BCUT2D eigenvalue weighted by atomic mass is 10.1. The molecule has 29 heavy (non-hydrogen) atoms. The van der Waals surface area contributed by atoms with E-state index in [4.69, 9.17) is 11.6 Å². The summed E-state index contributed by atoms with van der Waals surface area (Å²) in [6.07, 6.45) is -0.782. The zero-order chi connectivity index (χ0) is 20.8. The first kappa shape index (κ1) is 20.2. The van der Waals surface area contributed by atoms with E-state index in [0.29, 0.717) is 31.6 Å². The summed E-state index contributed by atoms with van der Waals surface area (Å²) >= 11 is 6.27. The van der Waals surface area contributed by atoms with E-state index in [1.165, 1.54) is 4.40 Å². The topological polar surface area (TPSA) is 66.7 Å². The first-order chi connectivity index (χ1) is 13.7. The second-order valence-electron chi connectivity index (χ2n) is 7.56. The van der Waals surface area contributed by atoms with Gasteiger partial charge in [0.1, 0.15) is 10.8 Å². The van der Waals surface area contributed by atoms with Crippen LogP contribution in [0.3, 0.4) is 0 Å². The molecule has 6 nitrogen and oxygen atoms in total. The summed E-state index contributed by atoms with van der Waals surface area (Å²) in [5, 5.41) is 2.64. The van der Waals surface area contributed by atoms with Crippen LogP contribution in [0.25, 0.3) is 5.65 Å². The summed E-state index contributed by atoms with van der Waals surface area (Å²) < 4.78 is 41.8. The average molecular weight is 429 g/mol. The van der Waals surface area contributed by atoms with Gasteiger partial charge in [0.05, 0.1) is 12.1 Å².